The molecule has 22 heavy (non-hydrogen) atoms. The number of anilines is 1. The summed E-state index contributed by atoms with van der Waals surface area (Å²) in [5.74, 6) is 0. The van der Waals surface area contributed by atoms with Crippen LogP contribution in [0.15, 0.2) is 29.6 Å². The lowest BCUT2D eigenvalue weighted by Crippen LogP contribution is -2.45. The first kappa shape index (κ1) is 14.1. The molecule has 0 saturated carbocycles. The monoisotopic (exact) mass is 330 g/mol. The summed E-state index contributed by atoms with van der Waals surface area (Å²) in [6.45, 7) is 7.29. The van der Waals surface area contributed by atoms with E-state index >= 15 is 0 Å². The molecule has 1 aliphatic rings. The summed E-state index contributed by atoms with van der Waals surface area (Å²) < 4.78 is 1.38. The smallest absolute Gasteiger partial charge is 0.208 e. The van der Waals surface area contributed by atoms with Crippen molar-refractivity contribution in [3.63, 3.8) is 0 Å². The van der Waals surface area contributed by atoms with Crippen molar-refractivity contribution in [1.29, 1.82) is 0 Å². The van der Waals surface area contributed by atoms with E-state index in [1.807, 2.05) is 18.3 Å². The average Bonchev–Trinajstić information content (AvgIpc) is 3.16. The molecule has 3 aromatic rings. The molecular formula is C16H18N4S2. The first-order chi connectivity index (χ1) is 10.8. The van der Waals surface area contributed by atoms with Gasteiger partial charge in [-0.1, -0.05) is 17.4 Å². The quantitative estimate of drug-likeness (QED) is 0.737. The summed E-state index contributed by atoms with van der Waals surface area (Å²) in [7, 11) is 0. The van der Waals surface area contributed by atoms with Gasteiger partial charge in [-0.2, -0.15) is 0 Å². The lowest BCUT2D eigenvalue weighted by Gasteiger charge is -2.34. The van der Waals surface area contributed by atoms with E-state index in [1.165, 1.54) is 15.6 Å². The first-order valence-electron chi connectivity index (χ1n) is 7.51. The first-order valence-corrected chi connectivity index (χ1v) is 9.21. The third-order valence-corrected chi connectivity index (χ3v) is 5.88. The minimum absolute atomic E-state index is 1.04. The predicted octanol–water partition coefficient (Wildman–Crippen LogP) is 3.38. The number of fused-ring (bicyclic) bond motifs is 1. The average molecular weight is 330 g/mol. The summed E-state index contributed by atoms with van der Waals surface area (Å²) in [6, 6.07) is 9.04. The van der Waals surface area contributed by atoms with Crippen LogP contribution in [0.2, 0.25) is 0 Å². The van der Waals surface area contributed by atoms with Crippen molar-refractivity contribution in [2.24, 2.45) is 0 Å². The molecule has 1 fully saturated rings. The van der Waals surface area contributed by atoms with Gasteiger partial charge in [0.25, 0.3) is 0 Å². The predicted molar refractivity (Wildman–Crippen MR) is 94.0 cm³/mol. The Bertz CT molecular complexity index is 771. The van der Waals surface area contributed by atoms with Gasteiger partial charge in [0.05, 0.1) is 0 Å². The summed E-state index contributed by atoms with van der Waals surface area (Å²) >= 11 is 3.50. The maximum atomic E-state index is 4.25. The molecule has 4 rings (SSSR count). The molecule has 0 bridgehead atoms. The SMILES string of the molecule is Cc1nnc(N2CCN(Cc3ccc4sccc4c3)CC2)s1. The van der Waals surface area contributed by atoms with E-state index < -0.39 is 0 Å². The number of hydrogen-bond donors (Lipinski definition) is 0. The fourth-order valence-corrected chi connectivity index (χ4v) is 4.39. The number of nitrogens with zero attached hydrogens (tertiary/aromatic N) is 4. The molecule has 1 aliphatic heterocycles. The van der Waals surface area contributed by atoms with Crippen LogP contribution in [0.1, 0.15) is 10.6 Å². The van der Waals surface area contributed by atoms with E-state index in [4.69, 9.17) is 0 Å². The fourth-order valence-electron chi connectivity index (χ4n) is 2.88. The second-order valence-corrected chi connectivity index (χ2v) is 7.77. The van der Waals surface area contributed by atoms with Crippen LogP contribution < -0.4 is 4.90 Å². The molecule has 0 unspecified atom stereocenters. The highest BCUT2D eigenvalue weighted by Gasteiger charge is 2.19. The van der Waals surface area contributed by atoms with Crippen molar-refractivity contribution in [2.45, 2.75) is 13.5 Å². The number of piperazine rings is 1. The second kappa shape index (κ2) is 5.95. The Morgan fingerprint density at radius 1 is 1.09 bits per heavy atom. The van der Waals surface area contributed by atoms with Crippen molar-refractivity contribution in [2.75, 3.05) is 31.1 Å². The normalized spacial score (nSPS) is 16.5. The Hall–Kier alpha value is -1.50. The Balaban J connectivity index is 1.39. The highest BCUT2D eigenvalue weighted by molar-refractivity contribution is 7.17. The van der Waals surface area contributed by atoms with Gasteiger partial charge in [0, 0.05) is 37.4 Å². The molecule has 0 N–H and O–H groups in total. The van der Waals surface area contributed by atoms with Crippen LogP contribution in [0.4, 0.5) is 5.13 Å². The zero-order valence-electron chi connectivity index (χ0n) is 12.5. The maximum Gasteiger partial charge on any atom is 0.208 e. The second-order valence-electron chi connectivity index (χ2n) is 5.66. The molecular weight excluding hydrogens is 312 g/mol. The van der Waals surface area contributed by atoms with Gasteiger partial charge in [0.1, 0.15) is 5.01 Å². The van der Waals surface area contributed by atoms with E-state index in [1.54, 1.807) is 11.3 Å². The van der Waals surface area contributed by atoms with Crippen molar-refractivity contribution in [1.82, 2.24) is 15.1 Å². The van der Waals surface area contributed by atoms with Crippen LogP contribution >= 0.6 is 22.7 Å². The van der Waals surface area contributed by atoms with E-state index in [9.17, 15) is 0 Å². The Labute approximate surface area is 138 Å². The van der Waals surface area contributed by atoms with Gasteiger partial charge in [0.15, 0.2) is 0 Å². The van der Waals surface area contributed by atoms with Crippen LogP contribution in [-0.4, -0.2) is 41.3 Å². The number of aromatic nitrogens is 2. The largest absolute Gasteiger partial charge is 0.344 e. The molecule has 2 aromatic heterocycles. The minimum atomic E-state index is 1.04. The zero-order chi connectivity index (χ0) is 14.9. The summed E-state index contributed by atoms with van der Waals surface area (Å²) in [5.41, 5.74) is 1.41. The lowest BCUT2D eigenvalue weighted by molar-refractivity contribution is 0.250. The highest BCUT2D eigenvalue weighted by Crippen LogP contribution is 2.24. The summed E-state index contributed by atoms with van der Waals surface area (Å²) in [5, 5.41) is 14.0. The molecule has 0 aliphatic carbocycles. The van der Waals surface area contributed by atoms with Crippen molar-refractivity contribution >= 4 is 37.9 Å². The fraction of sp³-hybridized carbons (Fsp3) is 0.375. The van der Waals surface area contributed by atoms with Gasteiger partial charge in [-0.15, -0.1) is 21.5 Å². The molecule has 114 valence electrons. The maximum absolute atomic E-state index is 4.25. The topological polar surface area (TPSA) is 32.3 Å². The van der Waals surface area contributed by atoms with Gasteiger partial charge in [-0.05, 0) is 41.5 Å². The molecule has 1 aromatic carbocycles. The molecule has 4 nitrogen and oxygen atoms in total. The van der Waals surface area contributed by atoms with Crippen LogP contribution in [0, 0.1) is 6.92 Å². The van der Waals surface area contributed by atoms with Crippen LogP contribution in [0.5, 0.6) is 0 Å². The number of benzene rings is 1. The van der Waals surface area contributed by atoms with E-state index in [-0.39, 0.29) is 0 Å². The molecule has 3 heterocycles. The third-order valence-electron chi connectivity index (χ3n) is 4.08. The highest BCUT2D eigenvalue weighted by atomic mass is 32.1. The van der Waals surface area contributed by atoms with Crippen molar-refractivity contribution < 1.29 is 0 Å². The zero-order valence-corrected chi connectivity index (χ0v) is 14.2. The van der Waals surface area contributed by atoms with Gasteiger partial charge < -0.3 is 4.90 Å². The van der Waals surface area contributed by atoms with Crippen LogP contribution in [-0.2, 0) is 6.54 Å². The summed E-state index contributed by atoms with van der Waals surface area (Å²) in [6.07, 6.45) is 0. The third kappa shape index (κ3) is 2.86. The number of aryl methyl sites for hydroxylation is 1. The Morgan fingerprint density at radius 2 is 1.95 bits per heavy atom. The Kier molecular flexibility index (Phi) is 3.82. The van der Waals surface area contributed by atoms with Gasteiger partial charge in [-0.25, -0.2) is 0 Å². The van der Waals surface area contributed by atoms with Gasteiger partial charge in [0.2, 0.25) is 5.13 Å². The molecule has 0 atom stereocenters. The molecule has 0 spiro atoms. The molecule has 0 amide bonds. The standard InChI is InChI=1S/C16H18N4S2/c1-12-17-18-16(22-12)20-7-5-19(6-8-20)11-13-2-3-15-14(10-13)4-9-21-15/h2-4,9-10H,5-8,11H2,1H3. The molecule has 6 heteroatoms. The summed E-state index contributed by atoms with van der Waals surface area (Å²) in [4.78, 5) is 4.88. The lowest BCUT2D eigenvalue weighted by atomic mass is 10.1. The molecule has 0 radical (unpaired) electrons. The number of hydrogen-bond acceptors (Lipinski definition) is 6. The minimum Gasteiger partial charge on any atom is -0.344 e. The van der Waals surface area contributed by atoms with Crippen molar-refractivity contribution in [3.05, 3.63) is 40.2 Å². The van der Waals surface area contributed by atoms with Crippen LogP contribution in [0.25, 0.3) is 10.1 Å². The van der Waals surface area contributed by atoms with Crippen LogP contribution in [0.3, 0.4) is 0 Å². The van der Waals surface area contributed by atoms with E-state index in [0.717, 1.165) is 42.9 Å². The Morgan fingerprint density at radius 3 is 2.73 bits per heavy atom. The van der Waals surface area contributed by atoms with E-state index in [0.29, 0.717) is 0 Å². The van der Waals surface area contributed by atoms with Crippen molar-refractivity contribution in [3.8, 4) is 0 Å². The number of thiophene rings is 1. The molecule has 1 saturated heterocycles. The van der Waals surface area contributed by atoms with E-state index in [2.05, 4.69) is 49.6 Å². The van der Waals surface area contributed by atoms with Gasteiger partial charge in [-0.3, -0.25) is 4.90 Å². The van der Waals surface area contributed by atoms with Gasteiger partial charge >= 0.3 is 0 Å². The number of rotatable bonds is 3.